The quantitative estimate of drug-likeness (QED) is 0.765. The predicted octanol–water partition coefficient (Wildman–Crippen LogP) is 2.83. The van der Waals surface area contributed by atoms with Gasteiger partial charge in [0.05, 0.1) is 15.7 Å². The van der Waals surface area contributed by atoms with Crippen LogP contribution in [0.4, 0.5) is 5.69 Å². The molecule has 0 heterocycles. The molecule has 1 rings (SSSR count). The summed E-state index contributed by atoms with van der Waals surface area (Å²) in [4.78, 5) is 10.7. The summed E-state index contributed by atoms with van der Waals surface area (Å²) in [5.41, 5.74) is 0.558. The summed E-state index contributed by atoms with van der Waals surface area (Å²) >= 11 is 16.6. The second-order valence-electron chi connectivity index (χ2n) is 2.74. The lowest BCUT2D eigenvalue weighted by molar-refractivity contribution is -0.117. The van der Waals surface area contributed by atoms with Crippen LogP contribution in [0.1, 0.15) is 6.92 Å². The van der Waals surface area contributed by atoms with Gasteiger partial charge in [0, 0.05) is 6.92 Å². The summed E-state index contributed by atoms with van der Waals surface area (Å²) in [5, 5.41) is 6.16. The fraction of sp³-hybridized carbons (Fsp3) is 0.111. The molecule has 6 heteroatoms. The Hall–Kier alpha value is -0.840. The molecule has 1 amide bonds. The van der Waals surface area contributed by atoms with Gasteiger partial charge in [0.1, 0.15) is 0 Å². The molecule has 0 aromatic heterocycles. The summed E-state index contributed by atoms with van der Waals surface area (Å²) in [6.07, 6.45) is 0. The number of hydrogen-bond acceptors (Lipinski definition) is 2. The molecule has 0 bridgehead atoms. The summed E-state index contributed by atoms with van der Waals surface area (Å²) in [7, 11) is 0. The standard InChI is InChI=1S/C9H8Cl2N2OS/c1-5(14)12-9(15)13-7-4-2-3-6(10)8(7)11/h2-4H,1H3,(H2,12,13,14,15). The van der Waals surface area contributed by atoms with E-state index < -0.39 is 0 Å². The van der Waals surface area contributed by atoms with E-state index in [4.69, 9.17) is 35.4 Å². The van der Waals surface area contributed by atoms with Gasteiger partial charge in [-0.2, -0.15) is 0 Å². The molecular formula is C9H8Cl2N2OS. The van der Waals surface area contributed by atoms with Crippen molar-refractivity contribution in [3.63, 3.8) is 0 Å². The molecule has 0 aliphatic heterocycles. The van der Waals surface area contributed by atoms with Crippen molar-refractivity contribution >= 4 is 52.1 Å². The normalized spacial score (nSPS) is 9.53. The first-order valence-electron chi connectivity index (χ1n) is 4.03. The number of anilines is 1. The Morgan fingerprint density at radius 1 is 1.40 bits per heavy atom. The second kappa shape index (κ2) is 5.30. The van der Waals surface area contributed by atoms with Crippen LogP contribution < -0.4 is 10.6 Å². The zero-order valence-corrected chi connectivity index (χ0v) is 10.1. The predicted molar refractivity (Wildman–Crippen MR) is 66.5 cm³/mol. The van der Waals surface area contributed by atoms with Crippen LogP contribution in [0, 0.1) is 0 Å². The minimum absolute atomic E-state index is 0.187. The lowest BCUT2D eigenvalue weighted by Gasteiger charge is -2.09. The highest BCUT2D eigenvalue weighted by Crippen LogP contribution is 2.29. The van der Waals surface area contributed by atoms with Gasteiger partial charge < -0.3 is 10.6 Å². The van der Waals surface area contributed by atoms with Crippen molar-refractivity contribution in [2.24, 2.45) is 0 Å². The van der Waals surface area contributed by atoms with Gasteiger partial charge in [-0.05, 0) is 24.4 Å². The summed E-state index contributed by atoms with van der Waals surface area (Å²) in [6.45, 7) is 1.37. The van der Waals surface area contributed by atoms with Gasteiger partial charge in [0.25, 0.3) is 0 Å². The number of rotatable bonds is 1. The number of carbonyl (C=O) groups excluding carboxylic acids is 1. The third-order valence-corrected chi connectivity index (χ3v) is 2.51. The van der Waals surface area contributed by atoms with E-state index in [1.54, 1.807) is 18.2 Å². The van der Waals surface area contributed by atoms with Crippen LogP contribution in [0.15, 0.2) is 18.2 Å². The Kier molecular flexibility index (Phi) is 4.32. The lowest BCUT2D eigenvalue weighted by Crippen LogP contribution is -2.32. The maximum Gasteiger partial charge on any atom is 0.222 e. The maximum absolute atomic E-state index is 10.7. The van der Waals surface area contributed by atoms with Crippen LogP contribution in [0.25, 0.3) is 0 Å². The average Bonchev–Trinajstić information content (AvgIpc) is 2.11. The molecule has 0 fully saturated rings. The Bertz CT molecular complexity index is 409. The fourth-order valence-electron chi connectivity index (χ4n) is 0.914. The molecule has 0 aliphatic carbocycles. The number of hydrogen-bond donors (Lipinski definition) is 2. The highest BCUT2D eigenvalue weighted by Gasteiger charge is 2.06. The van der Waals surface area contributed by atoms with E-state index in [9.17, 15) is 4.79 Å². The second-order valence-corrected chi connectivity index (χ2v) is 3.93. The Morgan fingerprint density at radius 3 is 2.67 bits per heavy atom. The van der Waals surface area contributed by atoms with E-state index in [0.717, 1.165) is 0 Å². The van der Waals surface area contributed by atoms with Gasteiger partial charge in [0.2, 0.25) is 5.91 Å². The number of benzene rings is 1. The van der Waals surface area contributed by atoms with Crippen molar-refractivity contribution < 1.29 is 4.79 Å². The van der Waals surface area contributed by atoms with Gasteiger partial charge >= 0.3 is 0 Å². The third kappa shape index (κ3) is 3.66. The molecule has 0 spiro atoms. The molecule has 0 saturated carbocycles. The van der Waals surface area contributed by atoms with Crippen molar-refractivity contribution in [1.82, 2.24) is 5.32 Å². The molecule has 15 heavy (non-hydrogen) atoms. The van der Waals surface area contributed by atoms with E-state index in [2.05, 4.69) is 10.6 Å². The smallest absolute Gasteiger partial charge is 0.222 e. The molecule has 0 atom stereocenters. The van der Waals surface area contributed by atoms with Crippen molar-refractivity contribution in [3.05, 3.63) is 28.2 Å². The lowest BCUT2D eigenvalue weighted by atomic mass is 10.3. The van der Waals surface area contributed by atoms with E-state index >= 15 is 0 Å². The molecule has 2 N–H and O–H groups in total. The largest absolute Gasteiger partial charge is 0.331 e. The molecule has 0 aliphatic rings. The fourth-order valence-corrected chi connectivity index (χ4v) is 1.52. The van der Waals surface area contributed by atoms with Gasteiger partial charge in [-0.3, -0.25) is 4.79 Å². The summed E-state index contributed by atoms with van der Waals surface area (Å²) < 4.78 is 0. The molecule has 3 nitrogen and oxygen atoms in total. The molecule has 1 aromatic rings. The molecule has 0 unspecified atom stereocenters. The number of nitrogens with one attached hydrogen (secondary N) is 2. The van der Waals surface area contributed by atoms with Crippen molar-refractivity contribution in [3.8, 4) is 0 Å². The van der Waals surface area contributed by atoms with Gasteiger partial charge in [-0.25, -0.2) is 0 Å². The number of thiocarbonyl (C=S) groups is 1. The van der Waals surface area contributed by atoms with Crippen LogP contribution in [0.5, 0.6) is 0 Å². The van der Waals surface area contributed by atoms with Crippen molar-refractivity contribution in [2.45, 2.75) is 6.92 Å². The molecule has 0 saturated heterocycles. The van der Waals surface area contributed by atoms with Gasteiger partial charge in [-0.15, -0.1) is 0 Å². The Balaban J connectivity index is 2.77. The third-order valence-electron chi connectivity index (χ3n) is 1.49. The molecular weight excluding hydrogens is 255 g/mol. The van der Waals surface area contributed by atoms with Gasteiger partial charge in [0.15, 0.2) is 5.11 Å². The highest BCUT2D eigenvalue weighted by atomic mass is 35.5. The molecule has 80 valence electrons. The average molecular weight is 263 g/mol. The van der Waals surface area contributed by atoms with Crippen molar-refractivity contribution in [1.29, 1.82) is 0 Å². The molecule has 1 aromatic carbocycles. The number of amides is 1. The SMILES string of the molecule is CC(=O)NC(=S)Nc1cccc(Cl)c1Cl. The summed E-state index contributed by atoms with van der Waals surface area (Å²) in [6, 6.07) is 5.10. The topological polar surface area (TPSA) is 41.1 Å². The van der Waals surface area contributed by atoms with Crippen molar-refractivity contribution in [2.75, 3.05) is 5.32 Å². The van der Waals surface area contributed by atoms with Gasteiger partial charge in [-0.1, -0.05) is 29.3 Å². The van der Waals surface area contributed by atoms with Crippen LogP contribution in [0.2, 0.25) is 10.0 Å². The molecule has 0 radical (unpaired) electrons. The Labute approximate surface area is 103 Å². The van der Waals surface area contributed by atoms with Crippen LogP contribution in [-0.4, -0.2) is 11.0 Å². The zero-order chi connectivity index (χ0) is 11.4. The van der Waals surface area contributed by atoms with E-state index in [1.807, 2.05) is 0 Å². The first kappa shape index (κ1) is 12.2. The van der Waals surface area contributed by atoms with Crippen LogP contribution >= 0.6 is 35.4 Å². The summed E-state index contributed by atoms with van der Waals surface area (Å²) in [5.74, 6) is -0.245. The van der Waals surface area contributed by atoms with E-state index in [1.165, 1.54) is 6.92 Å². The van der Waals surface area contributed by atoms with Crippen LogP contribution in [0.3, 0.4) is 0 Å². The van der Waals surface area contributed by atoms with Crippen LogP contribution in [-0.2, 0) is 4.79 Å². The highest BCUT2D eigenvalue weighted by molar-refractivity contribution is 7.80. The number of carbonyl (C=O) groups is 1. The first-order chi connectivity index (χ1) is 7.00. The minimum atomic E-state index is -0.245. The van der Waals surface area contributed by atoms with E-state index in [0.29, 0.717) is 15.7 Å². The first-order valence-corrected chi connectivity index (χ1v) is 5.19. The maximum atomic E-state index is 10.7. The van der Waals surface area contributed by atoms with E-state index in [-0.39, 0.29) is 11.0 Å². The zero-order valence-electron chi connectivity index (χ0n) is 7.80. The Morgan fingerprint density at radius 2 is 2.07 bits per heavy atom. The monoisotopic (exact) mass is 262 g/mol. The minimum Gasteiger partial charge on any atom is -0.331 e. The number of halogens is 2.